The highest BCUT2D eigenvalue weighted by molar-refractivity contribution is 8.15. The van der Waals surface area contributed by atoms with Crippen LogP contribution in [0.15, 0.2) is 23.2 Å². The Hall–Kier alpha value is -1.57. The summed E-state index contributed by atoms with van der Waals surface area (Å²) in [5, 5.41) is 10.4. The van der Waals surface area contributed by atoms with Gasteiger partial charge in [0.15, 0.2) is 10.8 Å². The molecule has 2 heterocycles. The maximum absolute atomic E-state index is 12.8. The summed E-state index contributed by atoms with van der Waals surface area (Å²) in [6.45, 7) is 2.37. The molecule has 2 aliphatic heterocycles. The van der Waals surface area contributed by atoms with Crippen LogP contribution in [-0.2, 0) is 15.2 Å². The van der Waals surface area contributed by atoms with E-state index in [9.17, 15) is 14.7 Å². The third-order valence-electron chi connectivity index (χ3n) is 3.74. The maximum Gasteiger partial charge on any atom is 0.265 e. The lowest BCUT2D eigenvalue weighted by Crippen LogP contribution is -2.49. The van der Waals surface area contributed by atoms with Gasteiger partial charge in [0.05, 0.1) is 5.69 Å². The van der Waals surface area contributed by atoms with Crippen molar-refractivity contribution in [2.45, 2.75) is 24.2 Å². The van der Waals surface area contributed by atoms with Crippen LogP contribution in [0.4, 0.5) is 5.69 Å². The van der Waals surface area contributed by atoms with Crippen molar-refractivity contribution in [3.05, 3.63) is 28.8 Å². The zero-order valence-electron chi connectivity index (χ0n) is 11.7. The first kappa shape index (κ1) is 15.3. The molecule has 22 heavy (non-hydrogen) atoms. The van der Waals surface area contributed by atoms with Crippen molar-refractivity contribution in [2.75, 3.05) is 11.4 Å². The normalized spacial score (nSPS) is 27.3. The van der Waals surface area contributed by atoms with Crippen LogP contribution in [0.2, 0.25) is 5.02 Å². The fourth-order valence-corrected chi connectivity index (χ4v) is 3.92. The van der Waals surface area contributed by atoms with Crippen LogP contribution in [0.3, 0.4) is 0 Å². The van der Waals surface area contributed by atoms with Crippen molar-refractivity contribution in [3.8, 4) is 0 Å². The molecule has 2 unspecified atom stereocenters. The van der Waals surface area contributed by atoms with E-state index in [2.05, 4.69) is 4.99 Å². The molecule has 0 spiro atoms. The molecular weight excluding hydrogens is 326 g/mol. The Morgan fingerprint density at radius 2 is 2.23 bits per heavy atom. The Bertz CT molecular complexity index is 709. The first-order valence-electron chi connectivity index (χ1n) is 6.78. The van der Waals surface area contributed by atoms with Gasteiger partial charge in [0.1, 0.15) is 5.25 Å². The molecule has 116 valence electrons. The maximum atomic E-state index is 12.8. The van der Waals surface area contributed by atoms with E-state index in [1.807, 2.05) is 6.92 Å². The highest BCUT2D eigenvalue weighted by Gasteiger charge is 2.59. The van der Waals surface area contributed by atoms with Crippen LogP contribution < -0.4 is 10.6 Å². The molecule has 0 bridgehead atoms. The number of amidine groups is 1. The second-order valence-electron chi connectivity index (χ2n) is 5.17. The van der Waals surface area contributed by atoms with E-state index in [-0.39, 0.29) is 5.17 Å². The molecule has 2 amide bonds. The van der Waals surface area contributed by atoms with Crippen molar-refractivity contribution in [2.24, 2.45) is 10.7 Å². The van der Waals surface area contributed by atoms with Crippen molar-refractivity contribution in [3.63, 3.8) is 0 Å². The summed E-state index contributed by atoms with van der Waals surface area (Å²) in [6.07, 6.45) is 0.717. The summed E-state index contributed by atoms with van der Waals surface area (Å²) >= 11 is 6.91. The zero-order chi connectivity index (χ0) is 16.1. The standard InChI is InChI=1S/C14H14ClN3O3S/c1-2-5-18-9-4-3-7(15)6-8(9)14(21,12(18)20)10-11(19)17-13(16)22-10/h3-4,6,10,21H,2,5H2,1H3,(H2,16,17,19). The molecule has 0 aromatic heterocycles. The predicted molar refractivity (Wildman–Crippen MR) is 86.0 cm³/mol. The van der Waals surface area contributed by atoms with E-state index >= 15 is 0 Å². The van der Waals surface area contributed by atoms with Crippen LogP contribution in [-0.4, -0.2) is 33.9 Å². The molecule has 2 aliphatic rings. The molecule has 2 atom stereocenters. The number of halogens is 1. The molecule has 3 N–H and O–H groups in total. The summed E-state index contributed by atoms with van der Waals surface area (Å²) in [5.74, 6) is -1.15. The van der Waals surface area contributed by atoms with Gasteiger partial charge >= 0.3 is 0 Å². The molecule has 1 aromatic rings. The van der Waals surface area contributed by atoms with Gasteiger partial charge in [-0.15, -0.1) is 0 Å². The smallest absolute Gasteiger partial charge is 0.265 e. The van der Waals surface area contributed by atoms with E-state index in [1.54, 1.807) is 12.1 Å². The van der Waals surface area contributed by atoms with Gasteiger partial charge in [-0.25, -0.2) is 0 Å². The monoisotopic (exact) mass is 339 g/mol. The van der Waals surface area contributed by atoms with Gasteiger partial charge in [0, 0.05) is 17.1 Å². The fraction of sp³-hybridized carbons (Fsp3) is 0.357. The minimum atomic E-state index is -2.00. The number of rotatable bonds is 3. The lowest BCUT2D eigenvalue weighted by atomic mass is 9.91. The Morgan fingerprint density at radius 3 is 2.82 bits per heavy atom. The van der Waals surface area contributed by atoms with E-state index in [1.165, 1.54) is 11.0 Å². The number of amides is 2. The minimum Gasteiger partial charge on any atom is -0.378 e. The molecule has 0 saturated heterocycles. The summed E-state index contributed by atoms with van der Waals surface area (Å²) in [5.41, 5.74) is 4.46. The van der Waals surface area contributed by atoms with Crippen molar-refractivity contribution in [1.29, 1.82) is 0 Å². The van der Waals surface area contributed by atoms with Crippen LogP contribution in [0.1, 0.15) is 18.9 Å². The first-order chi connectivity index (χ1) is 10.4. The van der Waals surface area contributed by atoms with Crippen LogP contribution in [0, 0.1) is 0 Å². The second-order valence-corrected chi connectivity index (χ2v) is 6.73. The summed E-state index contributed by atoms with van der Waals surface area (Å²) in [7, 11) is 0. The topological polar surface area (TPSA) is 96.0 Å². The van der Waals surface area contributed by atoms with Crippen LogP contribution in [0.25, 0.3) is 0 Å². The number of aliphatic hydroxyl groups is 1. The van der Waals surface area contributed by atoms with E-state index in [4.69, 9.17) is 17.3 Å². The Balaban J connectivity index is 2.14. The fourth-order valence-electron chi connectivity index (χ4n) is 2.81. The second kappa shape index (κ2) is 5.26. The zero-order valence-corrected chi connectivity index (χ0v) is 13.3. The molecular formula is C14H14ClN3O3S. The number of hydrogen-bond acceptors (Lipinski definition) is 5. The van der Waals surface area contributed by atoms with Crippen molar-refractivity contribution < 1.29 is 14.7 Å². The minimum absolute atomic E-state index is 0.0498. The Kier molecular flexibility index (Phi) is 3.66. The average molecular weight is 340 g/mol. The van der Waals surface area contributed by atoms with Crippen molar-refractivity contribution in [1.82, 2.24) is 0 Å². The van der Waals surface area contributed by atoms with Gasteiger partial charge in [-0.3, -0.25) is 9.59 Å². The molecule has 8 heteroatoms. The highest BCUT2D eigenvalue weighted by atomic mass is 35.5. The molecule has 6 nitrogen and oxygen atoms in total. The molecule has 0 radical (unpaired) electrons. The SMILES string of the molecule is CCCN1C(=O)C(O)(C2SC(N)=NC2=O)c2cc(Cl)ccc21. The van der Waals surface area contributed by atoms with Gasteiger partial charge in [0.25, 0.3) is 11.8 Å². The molecule has 0 saturated carbocycles. The number of thioether (sulfide) groups is 1. The number of hydrogen-bond donors (Lipinski definition) is 2. The number of anilines is 1. The number of aliphatic imine (C=N–C) groups is 1. The van der Waals surface area contributed by atoms with Crippen LogP contribution in [0.5, 0.6) is 0 Å². The lowest BCUT2D eigenvalue weighted by Gasteiger charge is -2.26. The number of benzene rings is 1. The third kappa shape index (κ3) is 2.04. The molecule has 0 fully saturated rings. The Morgan fingerprint density at radius 1 is 1.50 bits per heavy atom. The summed E-state index contributed by atoms with van der Waals surface area (Å²) in [4.78, 5) is 29.9. The van der Waals surface area contributed by atoms with Gasteiger partial charge in [-0.05, 0) is 24.6 Å². The quantitative estimate of drug-likeness (QED) is 0.863. The number of nitrogens with zero attached hydrogens (tertiary/aromatic N) is 2. The van der Waals surface area contributed by atoms with E-state index in [0.29, 0.717) is 29.2 Å². The molecule has 0 aliphatic carbocycles. The number of fused-ring (bicyclic) bond motifs is 1. The van der Waals surface area contributed by atoms with Gasteiger partial charge in [0.2, 0.25) is 0 Å². The number of nitrogens with two attached hydrogens (primary N) is 1. The first-order valence-corrected chi connectivity index (χ1v) is 8.04. The predicted octanol–water partition coefficient (Wildman–Crippen LogP) is 1.24. The van der Waals surface area contributed by atoms with Crippen LogP contribution >= 0.6 is 23.4 Å². The van der Waals surface area contributed by atoms with Gasteiger partial charge < -0.3 is 15.7 Å². The van der Waals surface area contributed by atoms with Gasteiger partial charge in [-0.2, -0.15) is 4.99 Å². The summed E-state index contributed by atoms with van der Waals surface area (Å²) in [6, 6.07) is 4.85. The highest BCUT2D eigenvalue weighted by Crippen LogP contribution is 2.48. The largest absolute Gasteiger partial charge is 0.378 e. The number of carbonyl (C=O) groups is 2. The number of carbonyl (C=O) groups excluding carboxylic acids is 2. The molecule has 1 aromatic carbocycles. The van der Waals surface area contributed by atoms with E-state index < -0.39 is 22.7 Å². The molecule has 3 rings (SSSR count). The lowest BCUT2D eigenvalue weighted by molar-refractivity contribution is -0.140. The van der Waals surface area contributed by atoms with Gasteiger partial charge in [-0.1, -0.05) is 30.3 Å². The Labute approximate surface area is 136 Å². The third-order valence-corrected chi connectivity index (χ3v) is 5.09. The van der Waals surface area contributed by atoms with Crippen molar-refractivity contribution >= 4 is 46.0 Å². The average Bonchev–Trinajstić information content (AvgIpc) is 2.91. The summed E-state index contributed by atoms with van der Waals surface area (Å²) < 4.78 is 0. The van der Waals surface area contributed by atoms with E-state index in [0.717, 1.165) is 11.8 Å².